The Bertz CT molecular complexity index is 714. The second kappa shape index (κ2) is 8.67. The standard InChI is InChI=1S/C18H22BrN3O2S/c1-14-13-25-18(20-14)22-10-8-21(9-11-22)17(23)7-4-12-24-16-6-3-2-5-15(16)19/h2-3,5-6,13H,4,7-12H2,1H3. The predicted molar refractivity (Wildman–Crippen MR) is 105 cm³/mol. The molecule has 1 aliphatic rings. The molecule has 0 spiro atoms. The summed E-state index contributed by atoms with van der Waals surface area (Å²) in [5.74, 6) is 1.04. The normalized spacial score (nSPS) is 14.6. The Morgan fingerprint density at radius 1 is 1.28 bits per heavy atom. The first-order valence-corrected chi connectivity index (χ1v) is 10.1. The fourth-order valence-corrected chi connectivity index (χ4v) is 4.02. The van der Waals surface area contributed by atoms with Crippen LogP contribution >= 0.6 is 27.3 Å². The van der Waals surface area contributed by atoms with Crippen LogP contribution in [0.4, 0.5) is 5.13 Å². The van der Waals surface area contributed by atoms with E-state index in [9.17, 15) is 4.79 Å². The van der Waals surface area contributed by atoms with Gasteiger partial charge in [-0.15, -0.1) is 11.3 Å². The Labute approximate surface area is 160 Å². The van der Waals surface area contributed by atoms with Crippen LogP contribution < -0.4 is 9.64 Å². The van der Waals surface area contributed by atoms with Crippen LogP contribution in [0.15, 0.2) is 34.1 Å². The number of amides is 1. The molecule has 0 aliphatic carbocycles. The zero-order chi connectivity index (χ0) is 17.6. The highest BCUT2D eigenvalue weighted by Crippen LogP contribution is 2.24. The minimum atomic E-state index is 0.214. The first-order valence-electron chi connectivity index (χ1n) is 8.45. The molecule has 1 amide bonds. The minimum absolute atomic E-state index is 0.214. The van der Waals surface area contributed by atoms with Crippen molar-refractivity contribution in [3.05, 3.63) is 39.8 Å². The van der Waals surface area contributed by atoms with Crippen LogP contribution in [0, 0.1) is 6.92 Å². The number of nitrogens with zero attached hydrogens (tertiary/aromatic N) is 3. The van der Waals surface area contributed by atoms with E-state index in [0.717, 1.165) is 53.6 Å². The third-order valence-electron chi connectivity index (χ3n) is 4.14. The molecule has 0 radical (unpaired) electrons. The first kappa shape index (κ1) is 18.2. The smallest absolute Gasteiger partial charge is 0.222 e. The highest BCUT2D eigenvalue weighted by atomic mass is 79.9. The number of hydrogen-bond acceptors (Lipinski definition) is 5. The summed E-state index contributed by atoms with van der Waals surface area (Å²) in [6.07, 6.45) is 1.26. The lowest BCUT2D eigenvalue weighted by Gasteiger charge is -2.34. The van der Waals surface area contributed by atoms with Crippen LogP contribution in [-0.4, -0.2) is 48.6 Å². The van der Waals surface area contributed by atoms with E-state index < -0.39 is 0 Å². The van der Waals surface area contributed by atoms with Crippen LogP contribution in [-0.2, 0) is 4.79 Å². The van der Waals surface area contributed by atoms with Crippen molar-refractivity contribution in [1.29, 1.82) is 0 Å². The third kappa shape index (κ3) is 4.95. The fraction of sp³-hybridized carbons (Fsp3) is 0.444. The van der Waals surface area contributed by atoms with Crippen molar-refractivity contribution in [3.63, 3.8) is 0 Å². The Morgan fingerprint density at radius 2 is 2.04 bits per heavy atom. The molecule has 2 aromatic rings. The van der Waals surface area contributed by atoms with E-state index in [4.69, 9.17) is 4.74 Å². The largest absolute Gasteiger partial charge is 0.492 e. The molecule has 0 saturated carbocycles. The second-order valence-electron chi connectivity index (χ2n) is 6.02. The number of carbonyl (C=O) groups excluding carboxylic acids is 1. The van der Waals surface area contributed by atoms with Crippen LogP contribution in [0.5, 0.6) is 5.75 Å². The summed E-state index contributed by atoms with van der Waals surface area (Å²) in [5.41, 5.74) is 1.06. The molecular formula is C18H22BrN3O2S. The summed E-state index contributed by atoms with van der Waals surface area (Å²) in [6, 6.07) is 7.76. The van der Waals surface area contributed by atoms with E-state index >= 15 is 0 Å². The van der Waals surface area contributed by atoms with Crippen molar-refractivity contribution in [3.8, 4) is 5.75 Å². The van der Waals surface area contributed by atoms with Gasteiger partial charge in [-0.3, -0.25) is 4.79 Å². The van der Waals surface area contributed by atoms with Gasteiger partial charge in [0.1, 0.15) is 5.75 Å². The van der Waals surface area contributed by atoms with Gasteiger partial charge in [0.25, 0.3) is 0 Å². The average molecular weight is 424 g/mol. The maximum Gasteiger partial charge on any atom is 0.222 e. The molecule has 5 nitrogen and oxygen atoms in total. The molecule has 1 fully saturated rings. The molecule has 1 saturated heterocycles. The molecule has 3 rings (SSSR count). The molecule has 0 N–H and O–H groups in total. The van der Waals surface area contributed by atoms with Crippen LogP contribution in [0.25, 0.3) is 0 Å². The average Bonchev–Trinajstić information content (AvgIpc) is 3.06. The molecule has 0 atom stereocenters. The predicted octanol–water partition coefficient (Wildman–Crippen LogP) is 3.72. The number of piperazine rings is 1. The van der Waals surface area contributed by atoms with E-state index in [0.29, 0.717) is 13.0 Å². The van der Waals surface area contributed by atoms with Gasteiger partial charge in [-0.05, 0) is 41.4 Å². The zero-order valence-electron chi connectivity index (χ0n) is 14.3. The van der Waals surface area contributed by atoms with Gasteiger partial charge in [-0.25, -0.2) is 4.98 Å². The van der Waals surface area contributed by atoms with Crippen molar-refractivity contribution >= 4 is 38.3 Å². The van der Waals surface area contributed by atoms with E-state index in [1.165, 1.54) is 0 Å². The SMILES string of the molecule is Cc1csc(N2CCN(C(=O)CCCOc3ccccc3Br)CC2)n1. The summed E-state index contributed by atoms with van der Waals surface area (Å²) >= 11 is 5.13. The lowest BCUT2D eigenvalue weighted by Crippen LogP contribution is -2.48. The van der Waals surface area contributed by atoms with Crippen molar-refractivity contribution in [2.75, 3.05) is 37.7 Å². The topological polar surface area (TPSA) is 45.7 Å². The third-order valence-corrected chi connectivity index (χ3v) is 5.81. The van der Waals surface area contributed by atoms with Crippen molar-refractivity contribution in [1.82, 2.24) is 9.88 Å². The molecule has 1 aromatic heterocycles. The number of anilines is 1. The van der Waals surface area contributed by atoms with Gasteiger partial charge >= 0.3 is 0 Å². The van der Waals surface area contributed by atoms with Gasteiger partial charge in [0.05, 0.1) is 16.8 Å². The van der Waals surface area contributed by atoms with Crippen LogP contribution in [0.3, 0.4) is 0 Å². The number of carbonyl (C=O) groups is 1. The molecule has 2 heterocycles. The number of benzene rings is 1. The van der Waals surface area contributed by atoms with Crippen molar-refractivity contribution in [2.45, 2.75) is 19.8 Å². The van der Waals surface area contributed by atoms with E-state index in [2.05, 4.69) is 31.2 Å². The zero-order valence-corrected chi connectivity index (χ0v) is 16.7. The molecule has 134 valence electrons. The number of rotatable bonds is 6. The maximum atomic E-state index is 12.4. The number of para-hydroxylation sites is 1. The van der Waals surface area contributed by atoms with E-state index in [1.807, 2.05) is 36.1 Å². The first-order chi connectivity index (χ1) is 12.1. The second-order valence-corrected chi connectivity index (χ2v) is 7.71. The summed E-state index contributed by atoms with van der Waals surface area (Å²) in [7, 11) is 0. The Morgan fingerprint density at radius 3 is 2.72 bits per heavy atom. The Kier molecular flexibility index (Phi) is 6.31. The quantitative estimate of drug-likeness (QED) is 0.664. The van der Waals surface area contributed by atoms with Gasteiger partial charge in [0, 0.05) is 38.0 Å². The van der Waals surface area contributed by atoms with Crippen molar-refractivity contribution in [2.24, 2.45) is 0 Å². The Balaban J connectivity index is 1.37. The number of hydrogen-bond donors (Lipinski definition) is 0. The Hall–Kier alpha value is -1.60. The summed E-state index contributed by atoms with van der Waals surface area (Å²) in [4.78, 5) is 21.1. The van der Waals surface area contributed by atoms with Gasteiger partial charge in [-0.1, -0.05) is 12.1 Å². The van der Waals surface area contributed by atoms with Gasteiger partial charge in [0.15, 0.2) is 5.13 Å². The van der Waals surface area contributed by atoms with Gasteiger partial charge < -0.3 is 14.5 Å². The number of ether oxygens (including phenoxy) is 1. The summed E-state index contributed by atoms with van der Waals surface area (Å²) < 4.78 is 6.66. The number of aromatic nitrogens is 1. The molecule has 7 heteroatoms. The van der Waals surface area contributed by atoms with E-state index in [-0.39, 0.29) is 5.91 Å². The summed E-state index contributed by atoms with van der Waals surface area (Å²) in [5, 5.41) is 3.13. The lowest BCUT2D eigenvalue weighted by atomic mass is 10.2. The maximum absolute atomic E-state index is 12.4. The highest BCUT2D eigenvalue weighted by molar-refractivity contribution is 9.10. The van der Waals surface area contributed by atoms with Gasteiger partial charge in [0.2, 0.25) is 5.91 Å². The minimum Gasteiger partial charge on any atom is -0.492 e. The van der Waals surface area contributed by atoms with Crippen molar-refractivity contribution < 1.29 is 9.53 Å². The fourth-order valence-electron chi connectivity index (χ4n) is 2.76. The van der Waals surface area contributed by atoms with Gasteiger partial charge in [-0.2, -0.15) is 0 Å². The number of aryl methyl sites for hydroxylation is 1. The molecule has 0 bridgehead atoms. The molecule has 1 aromatic carbocycles. The molecule has 25 heavy (non-hydrogen) atoms. The molecular weight excluding hydrogens is 402 g/mol. The summed E-state index contributed by atoms with van der Waals surface area (Å²) in [6.45, 7) is 5.80. The molecule has 0 unspecified atom stereocenters. The lowest BCUT2D eigenvalue weighted by molar-refractivity contribution is -0.131. The highest BCUT2D eigenvalue weighted by Gasteiger charge is 2.22. The monoisotopic (exact) mass is 423 g/mol. The van der Waals surface area contributed by atoms with Crippen LogP contribution in [0.1, 0.15) is 18.5 Å². The van der Waals surface area contributed by atoms with Crippen LogP contribution in [0.2, 0.25) is 0 Å². The molecule has 1 aliphatic heterocycles. The number of halogens is 1. The van der Waals surface area contributed by atoms with E-state index in [1.54, 1.807) is 11.3 Å². The number of thiazole rings is 1.